The van der Waals surface area contributed by atoms with Crippen LogP contribution in [-0.2, 0) is 4.79 Å². The molecule has 1 amide bonds. The Hall–Kier alpha value is -0.570. The summed E-state index contributed by atoms with van der Waals surface area (Å²) in [5.41, 5.74) is 0. The molecule has 0 radical (unpaired) electrons. The predicted molar refractivity (Wildman–Crippen MR) is 72.3 cm³/mol. The summed E-state index contributed by atoms with van der Waals surface area (Å²) in [5.74, 6) is 1.23. The molecule has 1 atom stereocenters. The number of nitrogens with one attached hydrogen (secondary N) is 1. The van der Waals surface area contributed by atoms with E-state index in [1.54, 1.807) is 0 Å². The standard InChI is InChI=1S/C15H26N2O/c18-15(14-5-3-1-2-4-10-16-14)17(13-8-9-13)11-12-6-7-12/h12-14,16H,1-11H2. The lowest BCUT2D eigenvalue weighted by molar-refractivity contribution is -0.134. The highest BCUT2D eigenvalue weighted by Crippen LogP contribution is 2.35. The Balaban J connectivity index is 1.58. The average Bonchev–Trinajstić information content (AvgIpc) is 3.18. The summed E-state index contributed by atoms with van der Waals surface area (Å²) in [6, 6.07) is 0.704. The van der Waals surface area contributed by atoms with Crippen LogP contribution in [0, 0.1) is 5.92 Å². The van der Waals surface area contributed by atoms with E-state index in [4.69, 9.17) is 0 Å². The minimum Gasteiger partial charge on any atom is -0.338 e. The predicted octanol–water partition coefficient (Wildman–Crippen LogP) is 2.31. The molecule has 0 aromatic rings. The molecular formula is C15H26N2O. The van der Waals surface area contributed by atoms with Crippen molar-refractivity contribution in [3.05, 3.63) is 0 Å². The third-order valence-electron chi connectivity index (χ3n) is 4.53. The van der Waals surface area contributed by atoms with E-state index in [2.05, 4.69) is 10.2 Å². The zero-order valence-corrected chi connectivity index (χ0v) is 11.4. The molecule has 3 nitrogen and oxygen atoms in total. The van der Waals surface area contributed by atoms with Crippen LogP contribution in [0.25, 0.3) is 0 Å². The van der Waals surface area contributed by atoms with Crippen molar-refractivity contribution in [1.29, 1.82) is 0 Å². The van der Waals surface area contributed by atoms with Crippen LogP contribution in [0.1, 0.15) is 57.8 Å². The van der Waals surface area contributed by atoms with Crippen LogP contribution in [0.5, 0.6) is 0 Å². The molecule has 3 aliphatic rings. The summed E-state index contributed by atoms with van der Waals surface area (Å²) < 4.78 is 0. The van der Waals surface area contributed by atoms with Gasteiger partial charge >= 0.3 is 0 Å². The second-order valence-electron chi connectivity index (χ2n) is 6.37. The maximum absolute atomic E-state index is 12.7. The van der Waals surface area contributed by atoms with Gasteiger partial charge in [0.1, 0.15) is 0 Å². The van der Waals surface area contributed by atoms with Gasteiger partial charge in [-0.1, -0.05) is 19.3 Å². The minimum absolute atomic E-state index is 0.115. The fourth-order valence-electron chi connectivity index (χ4n) is 3.00. The molecule has 102 valence electrons. The van der Waals surface area contributed by atoms with Crippen molar-refractivity contribution in [2.45, 2.75) is 69.9 Å². The molecule has 0 spiro atoms. The first-order chi connectivity index (χ1) is 8.84. The van der Waals surface area contributed by atoms with E-state index in [0.717, 1.165) is 25.4 Å². The van der Waals surface area contributed by atoms with Crippen molar-refractivity contribution in [3.8, 4) is 0 Å². The van der Waals surface area contributed by atoms with E-state index in [1.165, 1.54) is 51.4 Å². The van der Waals surface area contributed by atoms with Crippen molar-refractivity contribution in [1.82, 2.24) is 10.2 Å². The number of carbonyl (C=O) groups excluding carboxylic acids is 1. The van der Waals surface area contributed by atoms with Crippen LogP contribution in [0.2, 0.25) is 0 Å². The monoisotopic (exact) mass is 250 g/mol. The van der Waals surface area contributed by atoms with E-state index in [1.807, 2.05) is 0 Å². The molecular weight excluding hydrogens is 224 g/mol. The summed E-state index contributed by atoms with van der Waals surface area (Å²) in [6.07, 6.45) is 11.3. The van der Waals surface area contributed by atoms with E-state index < -0.39 is 0 Å². The molecule has 2 saturated carbocycles. The molecule has 3 fully saturated rings. The van der Waals surface area contributed by atoms with Crippen LogP contribution >= 0.6 is 0 Å². The lowest BCUT2D eigenvalue weighted by Crippen LogP contribution is -2.48. The average molecular weight is 250 g/mol. The molecule has 0 bridgehead atoms. The molecule has 1 aliphatic heterocycles. The normalized spacial score (nSPS) is 29.4. The summed E-state index contributed by atoms with van der Waals surface area (Å²) in [4.78, 5) is 14.9. The van der Waals surface area contributed by atoms with Crippen LogP contribution < -0.4 is 5.32 Å². The maximum atomic E-state index is 12.7. The van der Waals surface area contributed by atoms with Crippen molar-refractivity contribution >= 4 is 5.91 Å². The van der Waals surface area contributed by atoms with Gasteiger partial charge in [0.2, 0.25) is 5.91 Å². The van der Waals surface area contributed by atoms with E-state index in [9.17, 15) is 4.79 Å². The molecule has 1 unspecified atom stereocenters. The van der Waals surface area contributed by atoms with E-state index >= 15 is 0 Å². The highest BCUT2D eigenvalue weighted by atomic mass is 16.2. The summed E-state index contributed by atoms with van der Waals surface area (Å²) in [7, 11) is 0. The zero-order valence-electron chi connectivity index (χ0n) is 11.4. The third kappa shape index (κ3) is 3.25. The SMILES string of the molecule is O=C(C1CCCCCCN1)N(CC1CC1)C1CC1. The summed E-state index contributed by atoms with van der Waals surface area (Å²) in [6.45, 7) is 2.07. The van der Waals surface area contributed by atoms with Gasteiger partial charge in [0, 0.05) is 12.6 Å². The second-order valence-corrected chi connectivity index (χ2v) is 6.37. The Kier molecular flexibility index (Phi) is 3.88. The number of hydrogen-bond donors (Lipinski definition) is 1. The summed E-state index contributed by atoms with van der Waals surface area (Å²) >= 11 is 0. The first-order valence-electron chi connectivity index (χ1n) is 7.88. The van der Waals surface area contributed by atoms with Gasteiger partial charge in [0.25, 0.3) is 0 Å². The van der Waals surface area contributed by atoms with Crippen LogP contribution in [0.15, 0.2) is 0 Å². The van der Waals surface area contributed by atoms with E-state index in [0.29, 0.717) is 11.9 Å². The quantitative estimate of drug-likeness (QED) is 0.830. The van der Waals surface area contributed by atoms with Gasteiger partial charge in [-0.05, 0) is 51.0 Å². The number of rotatable bonds is 4. The largest absolute Gasteiger partial charge is 0.338 e. The lowest BCUT2D eigenvalue weighted by Gasteiger charge is -2.29. The Morgan fingerprint density at radius 2 is 1.78 bits per heavy atom. The molecule has 0 aromatic carbocycles. The number of carbonyl (C=O) groups is 1. The Morgan fingerprint density at radius 3 is 2.50 bits per heavy atom. The van der Waals surface area contributed by atoms with Gasteiger partial charge in [-0.2, -0.15) is 0 Å². The highest BCUT2D eigenvalue weighted by molar-refractivity contribution is 5.82. The molecule has 3 heteroatoms. The smallest absolute Gasteiger partial charge is 0.239 e. The van der Waals surface area contributed by atoms with E-state index in [-0.39, 0.29) is 6.04 Å². The van der Waals surface area contributed by atoms with Crippen molar-refractivity contribution in [3.63, 3.8) is 0 Å². The fourth-order valence-corrected chi connectivity index (χ4v) is 3.00. The van der Waals surface area contributed by atoms with Crippen molar-refractivity contribution in [2.75, 3.05) is 13.1 Å². The number of hydrogen-bond acceptors (Lipinski definition) is 2. The fraction of sp³-hybridized carbons (Fsp3) is 0.933. The third-order valence-corrected chi connectivity index (χ3v) is 4.53. The van der Waals surface area contributed by atoms with Gasteiger partial charge in [-0.15, -0.1) is 0 Å². The second kappa shape index (κ2) is 5.60. The van der Waals surface area contributed by atoms with Gasteiger partial charge in [0.15, 0.2) is 0 Å². The molecule has 0 aromatic heterocycles. The van der Waals surface area contributed by atoms with Crippen LogP contribution in [0.4, 0.5) is 0 Å². The summed E-state index contributed by atoms with van der Waals surface area (Å²) in [5, 5.41) is 3.49. The molecule has 1 heterocycles. The Morgan fingerprint density at radius 1 is 1.00 bits per heavy atom. The molecule has 2 aliphatic carbocycles. The lowest BCUT2D eigenvalue weighted by atomic mass is 10.0. The molecule has 18 heavy (non-hydrogen) atoms. The van der Waals surface area contributed by atoms with Crippen LogP contribution in [0.3, 0.4) is 0 Å². The molecule has 1 N–H and O–H groups in total. The van der Waals surface area contributed by atoms with Gasteiger partial charge < -0.3 is 10.2 Å². The van der Waals surface area contributed by atoms with Gasteiger partial charge in [-0.3, -0.25) is 4.79 Å². The zero-order chi connectivity index (χ0) is 12.4. The highest BCUT2D eigenvalue weighted by Gasteiger charge is 2.38. The van der Waals surface area contributed by atoms with Crippen molar-refractivity contribution in [2.24, 2.45) is 5.92 Å². The minimum atomic E-state index is 0.115. The maximum Gasteiger partial charge on any atom is 0.239 e. The first-order valence-corrected chi connectivity index (χ1v) is 7.88. The molecule has 3 rings (SSSR count). The van der Waals surface area contributed by atoms with Crippen LogP contribution in [-0.4, -0.2) is 36.0 Å². The Labute approximate surface area is 110 Å². The van der Waals surface area contributed by atoms with Gasteiger partial charge in [-0.25, -0.2) is 0 Å². The molecule has 1 saturated heterocycles. The topological polar surface area (TPSA) is 32.3 Å². The number of amides is 1. The van der Waals surface area contributed by atoms with Gasteiger partial charge in [0.05, 0.1) is 6.04 Å². The first kappa shape index (κ1) is 12.5. The Bertz CT molecular complexity index is 289. The van der Waals surface area contributed by atoms with Crippen molar-refractivity contribution < 1.29 is 4.79 Å². The number of nitrogens with zero attached hydrogens (tertiary/aromatic N) is 1.